The first kappa shape index (κ1) is 40.6. The summed E-state index contributed by atoms with van der Waals surface area (Å²) in [4.78, 5) is 68.6. The number of ether oxygens (including phenoxy) is 6. The molecular weight excluding hydrogens is 696 g/mol. The third-order valence-electron chi connectivity index (χ3n) is 7.17. The first-order valence-electron chi connectivity index (χ1n) is 16.4. The number of non-ortho nitro benzene ring substituents is 1. The number of nitro groups is 1. The molecule has 2 aliphatic heterocycles. The van der Waals surface area contributed by atoms with Crippen molar-refractivity contribution in [1.82, 2.24) is 26.6 Å². The first-order valence-corrected chi connectivity index (χ1v) is 17.4. The standard InChI is InChI=1S/C31H44N6O13S/c38-26(6-2-1-5-25-27-24(21-51-25)35-28(39)36-27)32-11-12-33-29(40)48-20-19-46-18-17-45-16-13-34-30(41)47-14-3-4-15-49-31(42)50-23-9-7-22(8-10-23)37(43)44/h3-4,7-10,24-25,27H,1-2,5-6,11-21H2,(H,32,38)(H,33,40)(H,34,41)(H2,35,36,39)/b4-3+/t24-,25-,27-/m0/s1. The van der Waals surface area contributed by atoms with Crippen molar-refractivity contribution >= 4 is 47.7 Å². The Morgan fingerprint density at radius 1 is 0.843 bits per heavy atom. The normalized spacial score (nSPS) is 17.5. The Morgan fingerprint density at radius 2 is 1.51 bits per heavy atom. The van der Waals surface area contributed by atoms with E-state index < -0.39 is 23.3 Å². The van der Waals surface area contributed by atoms with Crippen LogP contribution >= 0.6 is 11.8 Å². The zero-order valence-electron chi connectivity index (χ0n) is 28.0. The number of rotatable bonds is 23. The summed E-state index contributed by atoms with van der Waals surface area (Å²) >= 11 is 1.85. The Kier molecular flexibility index (Phi) is 18.8. The average Bonchev–Trinajstić information content (AvgIpc) is 3.66. The Bertz CT molecular complexity index is 1320. The number of alkyl carbamates (subject to hydrolysis) is 2. The topological polar surface area (TPSA) is 244 Å². The van der Waals surface area contributed by atoms with Crippen molar-refractivity contribution in [2.75, 3.05) is 71.6 Å². The van der Waals surface area contributed by atoms with Gasteiger partial charge in [-0.1, -0.05) is 6.42 Å². The molecule has 0 radical (unpaired) electrons. The minimum absolute atomic E-state index is 0.0407. The summed E-state index contributed by atoms with van der Waals surface area (Å²) in [6, 6.07) is 5.19. The van der Waals surface area contributed by atoms with Crippen LogP contribution in [0, 0.1) is 10.1 Å². The van der Waals surface area contributed by atoms with E-state index in [-0.39, 0.29) is 101 Å². The number of nitrogens with one attached hydrogen (secondary N) is 5. The van der Waals surface area contributed by atoms with E-state index in [4.69, 9.17) is 28.4 Å². The van der Waals surface area contributed by atoms with Gasteiger partial charge in [-0.3, -0.25) is 14.9 Å². The molecular formula is C31H44N6O13S. The lowest BCUT2D eigenvalue weighted by molar-refractivity contribution is -0.384. The Balaban J connectivity index is 1.02. The number of hydrogen-bond donors (Lipinski definition) is 5. The number of amides is 5. The lowest BCUT2D eigenvalue weighted by Crippen LogP contribution is -2.36. The summed E-state index contributed by atoms with van der Waals surface area (Å²) in [6.45, 7) is 1.45. The number of benzene rings is 1. The minimum atomic E-state index is -0.999. The summed E-state index contributed by atoms with van der Waals surface area (Å²) < 4.78 is 30.3. The van der Waals surface area contributed by atoms with Crippen molar-refractivity contribution in [2.24, 2.45) is 0 Å². The fourth-order valence-corrected chi connectivity index (χ4v) is 6.25. The molecule has 0 bridgehead atoms. The zero-order valence-corrected chi connectivity index (χ0v) is 28.8. The van der Waals surface area contributed by atoms with Gasteiger partial charge in [-0.2, -0.15) is 11.8 Å². The van der Waals surface area contributed by atoms with Crippen molar-refractivity contribution < 1.29 is 57.3 Å². The van der Waals surface area contributed by atoms with E-state index in [2.05, 4.69) is 26.6 Å². The highest BCUT2D eigenvalue weighted by Crippen LogP contribution is 2.33. The van der Waals surface area contributed by atoms with Crippen molar-refractivity contribution in [3.63, 3.8) is 0 Å². The molecule has 2 saturated heterocycles. The van der Waals surface area contributed by atoms with E-state index in [1.807, 2.05) is 11.8 Å². The number of carbonyl (C=O) groups excluding carboxylic acids is 5. The zero-order chi connectivity index (χ0) is 36.7. The molecule has 0 saturated carbocycles. The fraction of sp³-hybridized carbons (Fsp3) is 0.581. The molecule has 5 amide bonds. The highest BCUT2D eigenvalue weighted by Gasteiger charge is 2.42. The molecule has 2 fully saturated rings. The van der Waals surface area contributed by atoms with Crippen molar-refractivity contribution in [1.29, 1.82) is 0 Å². The largest absolute Gasteiger partial charge is 0.514 e. The van der Waals surface area contributed by atoms with Crippen molar-refractivity contribution in [3.8, 4) is 5.75 Å². The lowest BCUT2D eigenvalue weighted by Gasteiger charge is -2.16. The molecule has 20 heteroatoms. The number of hydrogen-bond acceptors (Lipinski definition) is 14. The number of unbranched alkanes of at least 4 members (excludes halogenated alkanes) is 1. The summed E-state index contributed by atoms with van der Waals surface area (Å²) in [5.74, 6) is 0.925. The van der Waals surface area contributed by atoms with Crippen LogP contribution in [-0.4, -0.2) is 124 Å². The number of nitrogens with zero attached hydrogens (tertiary/aromatic N) is 1. The van der Waals surface area contributed by atoms with Crippen LogP contribution in [-0.2, 0) is 28.5 Å². The Hall–Kier alpha value is -4.82. The van der Waals surface area contributed by atoms with Gasteiger partial charge in [0, 0.05) is 49.2 Å². The molecule has 51 heavy (non-hydrogen) atoms. The van der Waals surface area contributed by atoms with Crippen LogP contribution in [0.15, 0.2) is 36.4 Å². The third kappa shape index (κ3) is 17.1. The van der Waals surface area contributed by atoms with Gasteiger partial charge in [-0.05, 0) is 37.1 Å². The molecule has 3 rings (SSSR count). The quantitative estimate of drug-likeness (QED) is 0.0158. The SMILES string of the molecule is O=C(CCCC[C@@H]1SC[C@@H]2NC(=O)N[C@@H]21)NCCNC(=O)OCCOCCOCCNC(=O)OC/C=C/COC(=O)Oc1ccc([N+](=O)[O-])cc1. The molecule has 0 aliphatic carbocycles. The predicted molar refractivity (Wildman–Crippen MR) is 182 cm³/mol. The van der Waals surface area contributed by atoms with Gasteiger partial charge in [0.15, 0.2) is 0 Å². The van der Waals surface area contributed by atoms with Gasteiger partial charge in [-0.15, -0.1) is 0 Å². The van der Waals surface area contributed by atoms with E-state index in [1.54, 1.807) is 0 Å². The van der Waals surface area contributed by atoms with Crippen molar-refractivity contribution in [2.45, 2.75) is 43.0 Å². The van der Waals surface area contributed by atoms with Gasteiger partial charge >= 0.3 is 24.4 Å². The van der Waals surface area contributed by atoms with Gasteiger partial charge in [0.1, 0.15) is 25.6 Å². The second-order valence-corrected chi connectivity index (χ2v) is 12.2. The highest BCUT2D eigenvalue weighted by molar-refractivity contribution is 8.00. The Labute approximate surface area is 298 Å². The molecule has 0 spiro atoms. The first-order chi connectivity index (χ1) is 24.7. The van der Waals surface area contributed by atoms with E-state index in [0.717, 1.165) is 25.0 Å². The molecule has 3 atom stereocenters. The van der Waals surface area contributed by atoms with Crippen LogP contribution < -0.4 is 31.3 Å². The van der Waals surface area contributed by atoms with Crippen LogP contribution in [0.1, 0.15) is 25.7 Å². The number of fused-ring (bicyclic) bond motifs is 1. The van der Waals surface area contributed by atoms with Crippen LogP contribution in [0.3, 0.4) is 0 Å². The van der Waals surface area contributed by atoms with E-state index in [9.17, 15) is 34.1 Å². The fourth-order valence-electron chi connectivity index (χ4n) is 4.71. The maximum absolute atomic E-state index is 12.0. The molecule has 282 valence electrons. The van der Waals surface area contributed by atoms with Gasteiger partial charge in [0.2, 0.25) is 5.91 Å². The van der Waals surface area contributed by atoms with Crippen LogP contribution in [0.4, 0.5) is 24.9 Å². The maximum Gasteiger partial charge on any atom is 0.514 e. The lowest BCUT2D eigenvalue weighted by atomic mass is 10.0. The molecule has 19 nitrogen and oxygen atoms in total. The smallest absolute Gasteiger partial charge is 0.447 e. The van der Waals surface area contributed by atoms with Gasteiger partial charge in [-0.25, -0.2) is 19.2 Å². The molecule has 2 aliphatic rings. The maximum atomic E-state index is 12.0. The van der Waals surface area contributed by atoms with E-state index in [0.29, 0.717) is 11.7 Å². The summed E-state index contributed by atoms with van der Waals surface area (Å²) in [6.07, 6.45) is 3.63. The summed E-state index contributed by atoms with van der Waals surface area (Å²) in [7, 11) is 0. The molecule has 2 heterocycles. The van der Waals surface area contributed by atoms with Gasteiger partial charge in [0.25, 0.3) is 5.69 Å². The second kappa shape index (κ2) is 23.6. The predicted octanol–water partition coefficient (Wildman–Crippen LogP) is 1.99. The minimum Gasteiger partial charge on any atom is -0.447 e. The molecule has 1 aromatic rings. The van der Waals surface area contributed by atoms with Crippen LogP contribution in [0.2, 0.25) is 0 Å². The molecule has 1 aromatic carbocycles. The third-order valence-corrected chi connectivity index (χ3v) is 8.68. The number of carbonyl (C=O) groups is 5. The Morgan fingerprint density at radius 3 is 2.27 bits per heavy atom. The molecule has 5 N–H and O–H groups in total. The second-order valence-electron chi connectivity index (χ2n) is 10.9. The molecule has 0 aromatic heterocycles. The summed E-state index contributed by atoms with van der Waals surface area (Å²) in [5, 5.41) is 24.7. The van der Waals surface area contributed by atoms with Gasteiger partial charge < -0.3 is 55.0 Å². The average molecular weight is 741 g/mol. The summed E-state index contributed by atoms with van der Waals surface area (Å²) in [5.41, 5.74) is -0.141. The van der Waals surface area contributed by atoms with E-state index >= 15 is 0 Å². The highest BCUT2D eigenvalue weighted by atomic mass is 32.2. The number of urea groups is 1. The monoisotopic (exact) mass is 740 g/mol. The van der Waals surface area contributed by atoms with Gasteiger partial charge in [0.05, 0.1) is 43.4 Å². The van der Waals surface area contributed by atoms with Crippen LogP contribution in [0.25, 0.3) is 0 Å². The van der Waals surface area contributed by atoms with Crippen LogP contribution in [0.5, 0.6) is 5.75 Å². The molecule has 0 unspecified atom stereocenters. The van der Waals surface area contributed by atoms with Crippen molar-refractivity contribution in [3.05, 3.63) is 46.5 Å². The number of nitro benzene ring substituents is 1. The van der Waals surface area contributed by atoms with E-state index in [1.165, 1.54) is 36.4 Å². The number of thioether (sulfide) groups is 1.